The molecule has 1 unspecified atom stereocenters. The lowest BCUT2D eigenvalue weighted by Gasteiger charge is -2.24. The number of rotatable bonds is 7. The maximum atomic E-state index is 4.78. The van der Waals surface area contributed by atoms with E-state index in [9.17, 15) is 0 Å². The zero-order valence-electron chi connectivity index (χ0n) is 15.5. The Kier molecular flexibility index (Phi) is 5.34. The number of anilines is 1. The van der Waals surface area contributed by atoms with Crippen molar-refractivity contribution < 1.29 is 0 Å². The zero-order chi connectivity index (χ0) is 17.8. The third-order valence-corrected chi connectivity index (χ3v) is 4.49. The Morgan fingerprint density at radius 2 is 1.92 bits per heavy atom. The van der Waals surface area contributed by atoms with Gasteiger partial charge in [0.05, 0.1) is 11.4 Å². The maximum absolute atomic E-state index is 4.78. The quantitative estimate of drug-likeness (QED) is 0.711. The van der Waals surface area contributed by atoms with E-state index < -0.39 is 0 Å². The van der Waals surface area contributed by atoms with Crippen LogP contribution in [0.25, 0.3) is 16.9 Å². The van der Waals surface area contributed by atoms with E-state index in [1.165, 1.54) is 6.42 Å². The lowest BCUT2D eigenvalue weighted by molar-refractivity contribution is 0.288. The molecule has 0 spiro atoms. The summed E-state index contributed by atoms with van der Waals surface area (Å²) in [6.45, 7) is 5.11. The highest BCUT2D eigenvalue weighted by Gasteiger charge is 2.13. The molecule has 1 atom stereocenters. The summed E-state index contributed by atoms with van der Waals surface area (Å²) in [5.74, 6) is 0.986. The first-order valence-electron chi connectivity index (χ1n) is 8.91. The van der Waals surface area contributed by atoms with Gasteiger partial charge < -0.3 is 10.2 Å². The molecule has 0 fully saturated rings. The number of aryl methyl sites for hydroxylation is 1. The number of nitrogens with zero attached hydrogens (tertiary/aromatic N) is 4. The highest BCUT2D eigenvalue weighted by molar-refractivity contribution is 5.66. The zero-order valence-corrected chi connectivity index (χ0v) is 15.5. The van der Waals surface area contributed by atoms with Crippen LogP contribution < -0.4 is 5.32 Å². The summed E-state index contributed by atoms with van der Waals surface area (Å²) in [6.07, 6.45) is 2.34. The molecule has 0 aliphatic rings. The van der Waals surface area contributed by atoms with Crippen LogP contribution in [0.2, 0.25) is 0 Å². The van der Waals surface area contributed by atoms with E-state index in [0.29, 0.717) is 6.04 Å². The predicted molar refractivity (Wildman–Crippen MR) is 104 cm³/mol. The molecule has 0 aliphatic heterocycles. The van der Waals surface area contributed by atoms with Crippen molar-refractivity contribution in [2.45, 2.75) is 32.7 Å². The van der Waals surface area contributed by atoms with Crippen LogP contribution in [0.15, 0.2) is 42.5 Å². The summed E-state index contributed by atoms with van der Waals surface area (Å²) < 4.78 is 1.90. The van der Waals surface area contributed by atoms with Crippen molar-refractivity contribution >= 4 is 11.5 Å². The van der Waals surface area contributed by atoms with Gasteiger partial charge in [0.25, 0.3) is 0 Å². The Labute approximate surface area is 149 Å². The second-order valence-electron chi connectivity index (χ2n) is 6.74. The van der Waals surface area contributed by atoms with Crippen LogP contribution in [0.5, 0.6) is 0 Å². The first-order chi connectivity index (χ1) is 12.1. The third kappa shape index (κ3) is 3.99. The van der Waals surface area contributed by atoms with Gasteiger partial charge in [-0.05, 0) is 27.4 Å². The molecule has 2 aromatic heterocycles. The number of hydrogen-bond donors (Lipinski definition) is 1. The molecule has 1 N–H and O–H groups in total. The van der Waals surface area contributed by atoms with Gasteiger partial charge in [-0.2, -0.15) is 9.61 Å². The summed E-state index contributed by atoms with van der Waals surface area (Å²) in [6, 6.07) is 14.9. The van der Waals surface area contributed by atoms with E-state index in [4.69, 9.17) is 4.98 Å². The van der Waals surface area contributed by atoms with E-state index in [2.05, 4.69) is 54.5 Å². The Bertz CT molecular complexity index is 823. The van der Waals surface area contributed by atoms with Gasteiger partial charge in [0.1, 0.15) is 5.82 Å². The molecule has 5 nitrogen and oxygen atoms in total. The van der Waals surface area contributed by atoms with E-state index in [1.54, 1.807) is 0 Å². The minimum atomic E-state index is 0.491. The largest absolute Gasteiger partial charge is 0.368 e. The van der Waals surface area contributed by atoms with Crippen molar-refractivity contribution in [2.75, 3.05) is 26.0 Å². The van der Waals surface area contributed by atoms with Crippen molar-refractivity contribution in [3.05, 3.63) is 48.2 Å². The van der Waals surface area contributed by atoms with E-state index >= 15 is 0 Å². The van der Waals surface area contributed by atoms with Gasteiger partial charge in [0, 0.05) is 30.3 Å². The molecule has 132 valence electrons. The van der Waals surface area contributed by atoms with Crippen LogP contribution in [0.1, 0.15) is 25.5 Å². The molecule has 3 rings (SSSR count). The van der Waals surface area contributed by atoms with Gasteiger partial charge in [-0.1, -0.05) is 43.7 Å². The van der Waals surface area contributed by atoms with Crippen LogP contribution in [0.4, 0.5) is 5.82 Å². The van der Waals surface area contributed by atoms with Crippen molar-refractivity contribution in [2.24, 2.45) is 0 Å². The molecule has 25 heavy (non-hydrogen) atoms. The highest BCUT2D eigenvalue weighted by Crippen LogP contribution is 2.22. The molecule has 0 radical (unpaired) electrons. The molecule has 0 bridgehead atoms. The predicted octanol–water partition coefficient (Wildman–Crippen LogP) is 3.85. The smallest absolute Gasteiger partial charge is 0.158 e. The van der Waals surface area contributed by atoms with Crippen molar-refractivity contribution in [3.8, 4) is 11.3 Å². The van der Waals surface area contributed by atoms with Gasteiger partial charge >= 0.3 is 0 Å². The van der Waals surface area contributed by atoms with Gasteiger partial charge in [-0.25, -0.2) is 4.98 Å². The van der Waals surface area contributed by atoms with Gasteiger partial charge in [-0.3, -0.25) is 0 Å². The Hall–Kier alpha value is -2.40. The summed E-state index contributed by atoms with van der Waals surface area (Å²) in [5, 5.41) is 8.19. The molecule has 0 saturated carbocycles. The number of hydrogen-bond acceptors (Lipinski definition) is 4. The van der Waals surface area contributed by atoms with E-state index in [1.807, 2.05) is 35.7 Å². The number of nitrogens with one attached hydrogen (secondary N) is 1. The van der Waals surface area contributed by atoms with Crippen LogP contribution in [-0.4, -0.2) is 46.2 Å². The van der Waals surface area contributed by atoms with Crippen LogP contribution in [0, 0.1) is 6.92 Å². The Morgan fingerprint density at radius 3 is 2.60 bits per heavy atom. The van der Waals surface area contributed by atoms with E-state index in [0.717, 1.165) is 41.4 Å². The van der Waals surface area contributed by atoms with Crippen LogP contribution in [-0.2, 0) is 0 Å². The number of aromatic nitrogens is 3. The molecule has 1 aromatic carbocycles. The summed E-state index contributed by atoms with van der Waals surface area (Å²) in [4.78, 5) is 7.05. The molecule has 3 aromatic rings. The fourth-order valence-corrected chi connectivity index (χ4v) is 3.07. The third-order valence-electron chi connectivity index (χ3n) is 4.49. The fraction of sp³-hybridized carbons (Fsp3) is 0.400. The standard InChI is InChI=1S/C20H27N5/c1-5-9-17(24(3)4)14-21-19-13-18(16-10-7-6-8-11-16)22-20-12-15(2)23-25(19)20/h6-8,10-13,17,21H,5,9,14H2,1-4H3. The average Bonchev–Trinajstić information content (AvgIpc) is 2.99. The normalized spacial score (nSPS) is 12.7. The highest BCUT2D eigenvalue weighted by atomic mass is 15.3. The fourth-order valence-electron chi connectivity index (χ4n) is 3.07. The lowest BCUT2D eigenvalue weighted by Crippen LogP contribution is -2.34. The molecule has 0 aliphatic carbocycles. The molecule has 5 heteroatoms. The van der Waals surface area contributed by atoms with E-state index in [-0.39, 0.29) is 0 Å². The molecular formula is C20H27N5. The van der Waals surface area contributed by atoms with Crippen molar-refractivity contribution in [3.63, 3.8) is 0 Å². The van der Waals surface area contributed by atoms with Crippen LogP contribution in [0.3, 0.4) is 0 Å². The van der Waals surface area contributed by atoms with Crippen LogP contribution >= 0.6 is 0 Å². The monoisotopic (exact) mass is 337 g/mol. The summed E-state index contributed by atoms with van der Waals surface area (Å²) >= 11 is 0. The molecular weight excluding hydrogens is 310 g/mol. The number of fused-ring (bicyclic) bond motifs is 1. The Balaban J connectivity index is 1.95. The molecule has 2 heterocycles. The summed E-state index contributed by atoms with van der Waals surface area (Å²) in [7, 11) is 4.27. The summed E-state index contributed by atoms with van der Waals surface area (Å²) in [5.41, 5.74) is 3.92. The topological polar surface area (TPSA) is 45.5 Å². The van der Waals surface area contributed by atoms with Gasteiger partial charge in [0.15, 0.2) is 5.65 Å². The van der Waals surface area contributed by atoms with Crippen molar-refractivity contribution in [1.82, 2.24) is 19.5 Å². The minimum Gasteiger partial charge on any atom is -0.368 e. The second-order valence-corrected chi connectivity index (χ2v) is 6.74. The lowest BCUT2D eigenvalue weighted by atomic mass is 10.1. The number of benzene rings is 1. The average molecular weight is 337 g/mol. The SMILES string of the molecule is CCCC(CNc1cc(-c2ccccc2)nc2cc(C)nn12)N(C)C. The first-order valence-corrected chi connectivity index (χ1v) is 8.91. The Morgan fingerprint density at radius 1 is 1.16 bits per heavy atom. The first kappa shape index (κ1) is 17.4. The second kappa shape index (κ2) is 7.66. The van der Waals surface area contributed by atoms with Crippen molar-refractivity contribution in [1.29, 1.82) is 0 Å². The number of likely N-dealkylation sites (N-methyl/N-ethyl adjacent to an activating group) is 1. The molecule has 0 amide bonds. The maximum Gasteiger partial charge on any atom is 0.158 e. The minimum absolute atomic E-state index is 0.491. The molecule has 0 saturated heterocycles. The van der Waals surface area contributed by atoms with Gasteiger partial charge in [-0.15, -0.1) is 0 Å². The van der Waals surface area contributed by atoms with Gasteiger partial charge in [0.2, 0.25) is 0 Å².